The van der Waals surface area contributed by atoms with E-state index in [1.54, 1.807) is 0 Å². The maximum Gasteiger partial charge on any atom is 0.304 e. The van der Waals surface area contributed by atoms with Crippen LogP contribution in [0.4, 0.5) is 0 Å². The molecule has 2 nitrogen and oxygen atoms in total. The first-order valence-corrected chi connectivity index (χ1v) is 6.14. The third-order valence-corrected chi connectivity index (χ3v) is 3.42. The van der Waals surface area contributed by atoms with Crippen LogP contribution in [0.25, 0.3) is 0 Å². The van der Waals surface area contributed by atoms with E-state index in [0.717, 1.165) is 25.7 Å². The summed E-state index contributed by atoms with van der Waals surface area (Å²) in [5.74, 6) is -0.701. The highest BCUT2D eigenvalue weighted by Crippen LogP contribution is 2.37. The van der Waals surface area contributed by atoms with Gasteiger partial charge < -0.3 is 5.11 Å². The Morgan fingerprint density at radius 1 is 1.29 bits per heavy atom. The first-order valence-electron chi connectivity index (χ1n) is 6.14. The molecule has 1 aromatic carbocycles. The predicted molar refractivity (Wildman–Crippen MR) is 67.8 cm³/mol. The Kier molecular flexibility index (Phi) is 3.62. The van der Waals surface area contributed by atoms with Crippen molar-refractivity contribution in [3.05, 3.63) is 48.0 Å². The van der Waals surface area contributed by atoms with Gasteiger partial charge in [0.2, 0.25) is 0 Å². The minimum Gasteiger partial charge on any atom is -0.481 e. The van der Waals surface area contributed by atoms with Gasteiger partial charge in [-0.15, -0.1) is 0 Å². The third-order valence-electron chi connectivity index (χ3n) is 3.42. The molecule has 0 fully saturated rings. The average molecular weight is 230 g/mol. The van der Waals surface area contributed by atoms with Crippen LogP contribution < -0.4 is 0 Å². The monoisotopic (exact) mass is 230 g/mol. The van der Waals surface area contributed by atoms with Crippen LogP contribution in [0.3, 0.4) is 0 Å². The van der Waals surface area contributed by atoms with Gasteiger partial charge in [-0.25, -0.2) is 0 Å². The van der Waals surface area contributed by atoms with Gasteiger partial charge in [-0.2, -0.15) is 0 Å². The Hall–Kier alpha value is -1.57. The van der Waals surface area contributed by atoms with Crippen molar-refractivity contribution >= 4 is 5.97 Å². The zero-order valence-electron chi connectivity index (χ0n) is 9.93. The first-order chi connectivity index (χ1) is 8.20. The molecule has 0 bridgehead atoms. The highest BCUT2D eigenvalue weighted by atomic mass is 16.4. The SMILES string of the molecule is O=C(O)CC1(Cc2ccccc2)C=CCCC1. The van der Waals surface area contributed by atoms with E-state index in [9.17, 15) is 4.79 Å². The molecule has 1 unspecified atom stereocenters. The fourth-order valence-electron chi connectivity index (χ4n) is 2.65. The summed E-state index contributed by atoms with van der Waals surface area (Å²) in [6, 6.07) is 10.2. The van der Waals surface area contributed by atoms with Gasteiger partial charge in [0.1, 0.15) is 0 Å². The van der Waals surface area contributed by atoms with E-state index in [2.05, 4.69) is 24.3 Å². The van der Waals surface area contributed by atoms with Gasteiger partial charge >= 0.3 is 5.97 Å². The van der Waals surface area contributed by atoms with Gasteiger partial charge in [-0.3, -0.25) is 4.79 Å². The maximum atomic E-state index is 11.0. The van der Waals surface area contributed by atoms with Crippen LogP contribution in [0.5, 0.6) is 0 Å². The average Bonchev–Trinajstić information content (AvgIpc) is 2.30. The molecule has 2 rings (SSSR count). The second kappa shape index (κ2) is 5.17. The summed E-state index contributed by atoms with van der Waals surface area (Å²) in [6.45, 7) is 0. The second-order valence-electron chi connectivity index (χ2n) is 4.89. The summed E-state index contributed by atoms with van der Waals surface area (Å²) in [7, 11) is 0. The summed E-state index contributed by atoms with van der Waals surface area (Å²) in [6.07, 6.45) is 8.47. The number of rotatable bonds is 4. The van der Waals surface area contributed by atoms with Gasteiger partial charge in [0, 0.05) is 5.41 Å². The number of hydrogen-bond donors (Lipinski definition) is 1. The van der Waals surface area contributed by atoms with E-state index in [4.69, 9.17) is 5.11 Å². The molecule has 0 aliphatic heterocycles. The quantitative estimate of drug-likeness (QED) is 0.804. The lowest BCUT2D eigenvalue weighted by Crippen LogP contribution is -2.26. The number of carbonyl (C=O) groups is 1. The summed E-state index contributed by atoms with van der Waals surface area (Å²) in [5.41, 5.74) is 1.05. The molecule has 0 amide bonds. The van der Waals surface area contributed by atoms with Crippen molar-refractivity contribution in [1.82, 2.24) is 0 Å². The molecule has 0 aromatic heterocycles. The Morgan fingerprint density at radius 2 is 2.06 bits per heavy atom. The van der Waals surface area contributed by atoms with Gasteiger partial charge in [0.15, 0.2) is 0 Å². The number of aliphatic carboxylic acids is 1. The third kappa shape index (κ3) is 3.19. The highest BCUT2D eigenvalue weighted by Gasteiger charge is 2.31. The Bertz CT molecular complexity index is 408. The normalized spacial score (nSPS) is 23.5. The van der Waals surface area contributed by atoms with Crippen molar-refractivity contribution < 1.29 is 9.90 Å². The van der Waals surface area contributed by atoms with Crippen molar-refractivity contribution in [2.45, 2.75) is 32.1 Å². The van der Waals surface area contributed by atoms with E-state index in [-0.39, 0.29) is 11.8 Å². The number of allylic oxidation sites excluding steroid dienone is 2. The van der Waals surface area contributed by atoms with Crippen molar-refractivity contribution in [2.75, 3.05) is 0 Å². The molecular formula is C15H18O2. The van der Waals surface area contributed by atoms with Crippen LogP contribution in [0, 0.1) is 5.41 Å². The molecular weight excluding hydrogens is 212 g/mol. The molecule has 0 spiro atoms. The van der Waals surface area contributed by atoms with Gasteiger partial charge in [0.25, 0.3) is 0 Å². The fraction of sp³-hybridized carbons (Fsp3) is 0.400. The lowest BCUT2D eigenvalue weighted by Gasteiger charge is -2.32. The van der Waals surface area contributed by atoms with Gasteiger partial charge in [-0.1, -0.05) is 42.5 Å². The lowest BCUT2D eigenvalue weighted by atomic mass is 9.72. The number of benzene rings is 1. The molecule has 1 aromatic rings. The van der Waals surface area contributed by atoms with Crippen molar-refractivity contribution in [2.24, 2.45) is 5.41 Å². The van der Waals surface area contributed by atoms with E-state index < -0.39 is 5.97 Å². The number of carboxylic acids is 1. The molecule has 90 valence electrons. The second-order valence-corrected chi connectivity index (χ2v) is 4.89. The van der Waals surface area contributed by atoms with E-state index in [1.165, 1.54) is 5.56 Å². The smallest absolute Gasteiger partial charge is 0.304 e. The fourth-order valence-corrected chi connectivity index (χ4v) is 2.65. The first kappa shape index (κ1) is 11.9. The Morgan fingerprint density at radius 3 is 2.65 bits per heavy atom. The molecule has 2 heteroatoms. The summed E-state index contributed by atoms with van der Waals surface area (Å²) < 4.78 is 0. The van der Waals surface area contributed by atoms with Crippen molar-refractivity contribution in [3.8, 4) is 0 Å². The van der Waals surface area contributed by atoms with E-state index in [0.29, 0.717) is 0 Å². The Balaban J connectivity index is 2.19. The van der Waals surface area contributed by atoms with Crippen molar-refractivity contribution in [1.29, 1.82) is 0 Å². The van der Waals surface area contributed by atoms with Crippen LogP contribution in [0.1, 0.15) is 31.2 Å². The van der Waals surface area contributed by atoms with Crippen LogP contribution in [-0.4, -0.2) is 11.1 Å². The molecule has 1 atom stereocenters. The zero-order chi connectivity index (χ0) is 12.1. The lowest BCUT2D eigenvalue weighted by molar-refractivity contribution is -0.139. The van der Waals surface area contributed by atoms with Crippen LogP contribution >= 0.6 is 0 Å². The molecule has 0 saturated heterocycles. The summed E-state index contributed by atoms with van der Waals surface area (Å²) >= 11 is 0. The van der Waals surface area contributed by atoms with Crippen molar-refractivity contribution in [3.63, 3.8) is 0 Å². The summed E-state index contributed by atoms with van der Waals surface area (Å²) in [5, 5.41) is 9.08. The number of carboxylic acid groups (broad SMARTS) is 1. The van der Waals surface area contributed by atoms with E-state index in [1.807, 2.05) is 18.2 Å². The van der Waals surface area contributed by atoms with Crippen LogP contribution in [0.2, 0.25) is 0 Å². The molecule has 1 N–H and O–H groups in total. The maximum absolute atomic E-state index is 11.0. The molecule has 0 heterocycles. The number of hydrogen-bond acceptors (Lipinski definition) is 1. The zero-order valence-corrected chi connectivity index (χ0v) is 9.93. The van der Waals surface area contributed by atoms with Crippen LogP contribution in [0.15, 0.2) is 42.5 Å². The minimum atomic E-state index is -0.701. The topological polar surface area (TPSA) is 37.3 Å². The van der Waals surface area contributed by atoms with E-state index >= 15 is 0 Å². The summed E-state index contributed by atoms with van der Waals surface area (Å²) in [4.78, 5) is 11.0. The van der Waals surface area contributed by atoms with Gasteiger partial charge in [0.05, 0.1) is 6.42 Å². The predicted octanol–water partition coefficient (Wildman–Crippen LogP) is 3.43. The molecule has 1 aliphatic rings. The molecule has 0 saturated carbocycles. The highest BCUT2D eigenvalue weighted by molar-refractivity contribution is 5.68. The Labute approximate surface area is 102 Å². The molecule has 1 aliphatic carbocycles. The molecule has 0 radical (unpaired) electrons. The van der Waals surface area contributed by atoms with Crippen LogP contribution in [-0.2, 0) is 11.2 Å². The molecule has 17 heavy (non-hydrogen) atoms. The largest absolute Gasteiger partial charge is 0.481 e. The van der Waals surface area contributed by atoms with Gasteiger partial charge in [-0.05, 0) is 31.2 Å². The minimum absolute atomic E-state index is 0.175. The standard InChI is InChI=1S/C15H18O2/c16-14(17)12-15(9-5-2-6-10-15)11-13-7-3-1-4-8-13/h1,3-5,7-9H,2,6,10-12H2,(H,16,17).